The maximum Gasteiger partial charge on any atom is 0.389 e. The molecule has 0 saturated heterocycles. The van der Waals surface area contributed by atoms with E-state index in [0.29, 0.717) is 0 Å². The standard InChI is InChI=1S/C29H25ClNOS/c30-23-14-16-24(17-15-23)31-28-27(33-29(31)18-8-3-9-19-29)25(21-10-4-1-5-11-21)20-26(32-28)22-12-6-2-7-13-22/h1-2,4-7,10-17,20H,3,8-9,18-19H2/q+1. The van der Waals surface area contributed by atoms with Crippen molar-refractivity contribution in [2.75, 3.05) is 0 Å². The van der Waals surface area contributed by atoms with E-state index in [1.807, 2.05) is 30.0 Å². The first-order chi connectivity index (χ1) is 16.2. The Bertz CT molecular complexity index is 1270. The van der Waals surface area contributed by atoms with E-state index in [1.165, 1.54) is 35.3 Å². The van der Waals surface area contributed by atoms with Crippen LogP contribution in [0.3, 0.4) is 0 Å². The highest BCUT2D eigenvalue weighted by Gasteiger charge is 2.56. The molecule has 0 atom stereocenters. The summed E-state index contributed by atoms with van der Waals surface area (Å²) in [4.78, 5) is 1.20. The molecule has 0 unspecified atom stereocenters. The lowest BCUT2D eigenvalue weighted by molar-refractivity contribution is -0.509. The smallest absolute Gasteiger partial charge is 0.389 e. The summed E-state index contributed by atoms with van der Waals surface area (Å²) in [6.45, 7) is 0. The van der Waals surface area contributed by atoms with Crippen molar-refractivity contribution in [1.82, 2.24) is 0 Å². The van der Waals surface area contributed by atoms with E-state index >= 15 is 0 Å². The molecule has 1 aliphatic carbocycles. The molecule has 1 fully saturated rings. The number of benzene rings is 3. The van der Waals surface area contributed by atoms with Crippen molar-refractivity contribution >= 4 is 46.3 Å². The van der Waals surface area contributed by atoms with Crippen molar-refractivity contribution in [3.05, 3.63) is 112 Å². The summed E-state index contributed by atoms with van der Waals surface area (Å²) in [5, 5.41) is 0.753. The minimum atomic E-state index is -0.0310. The second kappa shape index (κ2) is 8.55. The molecule has 6 rings (SSSR count). The summed E-state index contributed by atoms with van der Waals surface area (Å²) in [5.41, 5.74) is 4.68. The third-order valence-corrected chi connectivity index (χ3v) is 8.51. The Morgan fingerprint density at radius 2 is 1.39 bits per heavy atom. The molecule has 33 heavy (non-hydrogen) atoms. The van der Waals surface area contributed by atoms with Gasteiger partial charge < -0.3 is 4.74 Å². The van der Waals surface area contributed by atoms with Gasteiger partial charge in [-0.25, -0.2) is 0 Å². The Kier molecular flexibility index (Phi) is 5.40. The maximum absolute atomic E-state index is 6.76. The van der Waals surface area contributed by atoms with Crippen LogP contribution in [0.25, 0.3) is 11.3 Å². The topological polar surface area (TPSA) is 12.2 Å². The average molecular weight is 471 g/mol. The van der Waals surface area contributed by atoms with Gasteiger partial charge in [-0.1, -0.05) is 78.7 Å². The number of thioether (sulfide) groups is 1. The van der Waals surface area contributed by atoms with Gasteiger partial charge in [0.2, 0.25) is 10.6 Å². The monoisotopic (exact) mass is 470 g/mol. The summed E-state index contributed by atoms with van der Waals surface area (Å²) in [7, 11) is 0. The van der Waals surface area contributed by atoms with Gasteiger partial charge in [-0.05, 0) is 48.4 Å². The lowest BCUT2D eigenvalue weighted by Crippen LogP contribution is -2.37. The minimum Gasteiger partial charge on any atom is -0.404 e. The number of nitrogens with zero attached hydrogens (tertiary/aromatic N) is 1. The molecule has 2 nitrogen and oxygen atoms in total. The van der Waals surface area contributed by atoms with Crippen LogP contribution in [0.1, 0.15) is 43.2 Å². The Labute approximate surface area is 204 Å². The third kappa shape index (κ3) is 3.74. The zero-order valence-corrected chi connectivity index (χ0v) is 19.9. The first kappa shape index (κ1) is 20.8. The molecule has 0 amide bonds. The molecule has 0 aromatic heterocycles. The number of halogens is 1. The zero-order chi connectivity index (χ0) is 22.3. The van der Waals surface area contributed by atoms with E-state index in [1.54, 1.807) is 0 Å². The molecule has 2 heterocycles. The highest BCUT2D eigenvalue weighted by Crippen LogP contribution is 2.55. The molecular formula is C29H25ClNOS+. The number of hydrogen-bond donors (Lipinski definition) is 0. The van der Waals surface area contributed by atoms with Crippen LogP contribution in [0.15, 0.2) is 95.9 Å². The fourth-order valence-electron chi connectivity index (χ4n) is 5.11. The zero-order valence-electron chi connectivity index (χ0n) is 18.3. The predicted octanol–water partition coefficient (Wildman–Crippen LogP) is 8.27. The van der Waals surface area contributed by atoms with E-state index in [2.05, 4.69) is 77.4 Å². The van der Waals surface area contributed by atoms with Gasteiger partial charge in [0.15, 0.2) is 0 Å². The Balaban J connectivity index is 1.61. The van der Waals surface area contributed by atoms with Crippen LogP contribution >= 0.6 is 23.4 Å². The van der Waals surface area contributed by atoms with Gasteiger partial charge in [-0.2, -0.15) is 0 Å². The fraction of sp³-hybridized carbons (Fsp3) is 0.207. The number of hydrogen-bond acceptors (Lipinski definition) is 2. The van der Waals surface area contributed by atoms with E-state index in [9.17, 15) is 0 Å². The molecule has 1 spiro atoms. The highest BCUT2D eigenvalue weighted by atomic mass is 35.5. The number of allylic oxidation sites excluding steroid dienone is 2. The van der Waals surface area contributed by atoms with Crippen molar-refractivity contribution < 1.29 is 9.31 Å². The largest absolute Gasteiger partial charge is 0.404 e. The predicted molar refractivity (Wildman–Crippen MR) is 139 cm³/mol. The average Bonchev–Trinajstić information content (AvgIpc) is 3.18. The highest BCUT2D eigenvalue weighted by molar-refractivity contribution is 8.05. The van der Waals surface area contributed by atoms with Crippen LogP contribution in [-0.2, 0) is 4.74 Å². The van der Waals surface area contributed by atoms with Gasteiger partial charge in [0.1, 0.15) is 10.7 Å². The van der Waals surface area contributed by atoms with Gasteiger partial charge in [0.05, 0.1) is 0 Å². The van der Waals surface area contributed by atoms with Crippen LogP contribution in [-0.4, -0.2) is 15.3 Å². The lowest BCUT2D eigenvalue weighted by Gasteiger charge is -2.28. The minimum absolute atomic E-state index is 0.0310. The van der Waals surface area contributed by atoms with Gasteiger partial charge in [0.25, 0.3) is 0 Å². The first-order valence-electron chi connectivity index (χ1n) is 11.6. The molecule has 0 radical (unpaired) electrons. The van der Waals surface area contributed by atoms with E-state index in [-0.39, 0.29) is 4.87 Å². The van der Waals surface area contributed by atoms with E-state index in [4.69, 9.17) is 16.3 Å². The van der Waals surface area contributed by atoms with Crippen molar-refractivity contribution in [3.8, 4) is 0 Å². The summed E-state index contributed by atoms with van der Waals surface area (Å²) >= 11 is 8.25. The number of ether oxygens (including phenoxy) is 1. The van der Waals surface area contributed by atoms with Gasteiger partial charge in [-0.3, -0.25) is 0 Å². The van der Waals surface area contributed by atoms with Gasteiger partial charge >= 0.3 is 5.90 Å². The summed E-state index contributed by atoms with van der Waals surface area (Å²) < 4.78 is 9.22. The molecule has 1 saturated carbocycles. The quantitative estimate of drug-likeness (QED) is 0.357. The van der Waals surface area contributed by atoms with Crippen LogP contribution in [0.5, 0.6) is 0 Å². The van der Waals surface area contributed by atoms with E-state index in [0.717, 1.165) is 40.8 Å². The van der Waals surface area contributed by atoms with Crippen LogP contribution < -0.4 is 0 Å². The molecule has 0 bridgehead atoms. The molecule has 3 aliphatic rings. The second-order valence-electron chi connectivity index (χ2n) is 8.81. The number of fused-ring (bicyclic) bond motifs is 1. The van der Waals surface area contributed by atoms with Gasteiger partial charge in [0, 0.05) is 41.1 Å². The fourth-order valence-corrected chi connectivity index (χ4v) is 6.89. The van der Waals surface area contributed by atoms with Crippen LogP contribution in [0, 0.1) is 0 Å². The molecule has 3 aromatic carbocycles. The Hall–Kier alpha value is -2.75. The number of rotatable bonds is 3. The summed E-state index contributed by atoms with van der Waals surface area (Å²) in [6, 6.07) is 29.3. The Morgan fingerprint density at radius 3 is 2.06 bits per heavy atom. The second-order valence-corrected chi connectivity index (χ2v) is 10.6. The first-order valence-corrected chi connectivity index (χ1v) is 12.8. The lowest BCUT2D eigenvalue weighted by atomic mass is 9.93. The molecule has 2 aliphatic heterocycles. The van der Waals surface area contributed by atoms with Crippen LogP contribution in [0.2, 0.25) is 5.02 Å². The molecule has 3 aromatic rings. The van der Waals surface area contributed by atoms with Crippen molar-refractivity contribution in [1.29, 1.82) is 0 Å². The summed E-state index contributed by atoms with van der Waals surface area (Å²) in [6.07, 6.45) is 8.26. The van der Waals surface area contributed by atoms with Gasteiger partial charge in [-0.15, -0.1) is 4.58 Å². The van der Waals surface area contributed by atoms with Crippen LogP contribution in [0.4, 0.5) is 5.69 Å². The maximum atomic E-state index is 6.76. The molecule has 164 valence electrons. The summed E-state index contributed by atoms with van der Waals surface area (Å²) in [5.74, 6) is 1.84. The van der Waals surface area contributed by atoms with Crippen molar-refractivity contribution in [2.45, 2.75) is 37.0 Å². The van der Waals surface area contributed by atoms with Crippen molar-refractivity contribution in [2.24, 2.45) is 0 Å². The SMILES string of the molecule is Clc1ccc([N+]2=C3OC(c4ccccc4)=CC(c4ccccc4)=C3SC23CCCCC3)cc1. The molecule has 0 N–H and O–H groups in total. The molecule has 4 heteroatoms. The van der Waals surface area contributed by atoms with E-state index < -0.39 is 0 Å². The third-order valence-electron chi connectivity index (χ3n) is 6.69. The molecular weight excluding hydrogens is 446 g/mol. The normalized spacial score (nSPS) is 19.4. The Morgan fingerprint density at radius 1 is 0.758 bits per heavy atom. The van der Waals surface area contributed by atoms with Crippen molar-refractivity contribution in [3.63, 3.8) is 0 Å².